The monoisotopic (exact) mass is 147 g/mol. The van der Waals surface area contributed by atoms with Crippen molar-refractivity contribution in [1.82, 2.24) is 9.97 Å². The van der Waals surface area contributed by atoms with Gasteiger partial charge >= 0.3 is 0 Å². The minimum atomic E-state index is 0.578. The third-order valence-electron chi connectivity index (χ3n) is 1.73. The molecule has 0 aromatic carbocycles. The van der Waals surface area contributed by atoms with Crippen molar-refractivity contribution in [2.45, 2.75) is 6.92 Å². The highest BCUT2D eigenvalue weighted by molar-refractivity contribution is 5.80. The molecule has 0 atom stereocenters. The quantitative estimate of drug-likeness (QED) is 0.592. The van der Waals surface area contributed by atoms with Gasteiger partial charge in [0.2, 0.25) is 0 Å². The number of nitrogens with two attached hydrogens (primary N) is 1. The van der Waals surface area contributed by atoms with Gasteiger partial charge < -0.3 is 10.7 Å². The van der Waals surface area contributed by atoms with Crippen molar-refractivity contribution in [3.63, 3.8) is 0 Å². The van der Waals surface area contributed by atoms with Crippen molar-refractivity contribution in [3.8, 4) is 0 Å². The fourth-order valence-electron chi connectivity index (χ4n) is 1.24. The van der Waals surface area contributed by atoms with E-state index < -0.39 is 0 Å². The fraction of sp³-hybridized carbons (Fsp3) is 0.125. The van der Waals surface area contributed by atoms with Crippen LogP contribution < -0.4 is 5.73 Å². The van der Waals surface area contributed by atoms with E-state index in [2.05, 4.69) is 9.97 Å². The number of nitrogens with zero attached hydrogens (tertiary/aromatic N) is 1. The van der Waals surface area contributed by atoms with Gasteiger partial charge in [-0.1, -0.05) is 0 Å². The minimum absolute atomic E-state index is 0.578. The van der Waals surface area contributed by atoms with Crippen LogP contribution in [0.25, 0.3) is 11.0 Å². The molecule has 2 rings (SSSR count). The number of rotatable bonds is 0. The maximum atomic E-state index is 5.56. The molecule has 3 nitrogen and oxygen atoms in total. The Hall–Kier alpha value is -1.51. The van der Waals surface area contributed by atoms with Crippen LogP contribution >= 0.6 is 0 Å². The van der Waals surface area contributed by atoms with Crippen LogP contribution in [0, 0.1) is 6.92 Å². The number of aryl methyl sites for hydroxylation is 1. The molecule has 0 aliphatic heterocycles. The zero-order chi connectivity index (χ0) is 7.84. The molecule has 0 saturated heterocycles. The summed E-state index contributed by atoms with van der Waals surface area (Å²) in [6.45, 7) is 2.01. The van der Waals surface area contributed by atoms with Crippen LogP contribution in [0.1, 0.15) is 5.56 Å². The molecule has 11 heavy (non-hydrogen) atoms. The van der Waals surface area contributed by atoms with Gasteiger partial charge in [0.15, 0.2) is 0 Å². The topological polar surface area (TPSA) is 54.7 Å². The lowest BCUT2D eigenvalue weighted by Gasteiger charge is -1.96. The normalized spacial score (nSPS) is 10.6. The Morgan fingerprint density at radius 3 is 3.18 bits per heavy atom. The maximum Gasteiger partial charge on any atom is 0.124 e. The number of hydrogen-bond acceptors (Lipinski definition) is 2. The van der Waals surface area contributed by atoms with E-state index in [-0.39, 0.29) is 0 Å². The van der Waals surface area contributed by atoms with Crippen LogP contribution in [0.2, 0.25) is 0 Å². The Morgan fingerprint density at radius 2 is 2.36 bits per heavy atom. The Morgan fingerprint density at radius 1 is 1.55 bits per heavy atom. The summed E-state index contributed by atoms with van der Waals surface area (Å²) in [7, 11) is 0. The predicted octanol–water partition coefficient (Wildman–Crippen LogP) is 1.45. The van der Waals surface area contributed by atoms with E-state index in [0.717, 1.165) is 16.6 Å². The van der Waals surface area contributed by atoms with Gasteiger partial charge in [-0.2, -0.15) is 0 Å². The number of hydrogen-bond donors (Lipinski definition) is 2. The van der Waals surface area contributed by atoms with Crippen LogP contribution in [0.15, 0.2) is 18.3 Å². The summed E-state index contributed by atoms with van der Waals surface area (Å²) in [6.07, 6.45) is 1.87. The second-order valence-corrected chi connectivity index (χ2v) is 2.60. The van der Waals surface area contributed by atoms with E-state index in [1.165, 1.54) is 0 Å². The molecule has 0 bridgehead atoms. The Bertz CT molecular complexity index is 389. The summed E-state index contributed by atoms with van der Waals surface area (Å²) in [5.41, 5.74) is 8.70. The first kappa shape index (κ1) is 6.22. The summed E-state index contributed by atoms with van der Waals surface area (Å²) in [5.74, 6) is 0.578. The van der Waals surface area contributed by atoms with E-state index in [9.17, 15) is 0 Å². The van der Waals surface area contributed by atoms with Gasteiger partial charge in [-0.25, -0.2) is 4.98 Å². The average Bonchev–Trinajstić information content (AvgIpc) is 2.34. The van der Waals surface area contributed by atoms with Crippen LogP contribution in [0.4, 0.5) is 5.82 Å². The molecule has 3 heteroatoms. The zero-order valence-electron chi connectivity index (χ0n) is 6.26. The average molecular weight is 147 g/mol. The number of anilines is 1. The van der Waals surface area contributed by atoms with E-state index in [1.54, 1.807) is 0 Å². The fourth-order valence-corrected chi connectivity index (χ4v) is 1.24. The van der Waals surface area contributed by atoms with Crippen LogP contribution in [-0.4, -0.2) is 9.97 Å². The van der Waals surface area contributed by atoms with Gasteiger partial charge in [0.1, 0.15) is 5.82 Å². The molecule has 0 radical (unpaired) electrons. The molecule has 2 aromatic heterocycles. The van der Waals surface area contributed by atoms with Crippen LogP contribution in [-0.2, 0) is 0 Å². The van der Waals surface area contributed by atoms with Gasteiger partial charge in [-0.15, -0.1) is 0 Å². The van der Waals surface area contributed by atoms with Crippen molar-refractivity contribution < 1.29 is 0 Å². The molecule has 56 valence electrons. The Balaban J connectivity index is 2.91. The third kappa shape index (κ3) is 0.852. The highest BCUT2D eigenvalue weighted by Crippen LogP contribution is 2.15. The number of fused-ring (bicyclic) bond motifs is 1. The van der Waals surface area contributed by atoms with Gasteiger partial charge in [-0.3, -0.25) is 0 Å². The summed E-state index contributed by atoms with van der Waals surface area (Å²) >= 11 is 0. The lowest BCUT2D eigenvalue weighted by molar-refractivity contribution is 1.35. The molecule has 0 aliphatic carbocycles. The van der Waals surface area contributed by atoms with Gasteiger partial charge in [0.25, 0.3) is 0 Å². The third-order valence-corrected chi connectivity index (χ3v) is 1.73. The van der Waals surface area contributed by atoms with Crippen molar-refractivity contribution >= 4 is 16.9 Å². The number of pyridine rings is 1. The number of nitrogen functional groups attached to an aromatic ring is 1. The second kappa shape index (κ2) is 1.99. The SMILES string of the molecule is Cc1cc(N)nc2cc[nH]c12. The van der Waals surface area contributed by atoms with E-state index in [4.69, 9.17) is 5.73 Å². The molecular formula is C8H9N3. The number of H-pyrrole nitrogens is 1. The molecule has 2 heterocycles. The van der Waals surface area contributed by atoms with E-state index >= 15 is 0 Å². The largest absolute Gasteiger partial charge is 0.384 e. The molecule has 0 aliphatic rings. The molecular weight excluding hydrogens is 138 g/mol. The Kier molecular flexibility index (Phi) is 1.12. The van der Waals surface area contributed by atoms with Crippen molar-refractivity contribution in [2.24, 2.45) is 0 Å². The van der Waals surface area contributed by atoms with E-state index in [0.29, 0.717) is 5.82 Å². The first-order valence-corrected chi connectivity index (χ1v) is 3.47. The summed E-state index contributed by atoms with van der Waals surface area (Å²) in [4.78, 5) is 7.24. The first-order chi connectivity index (χ1) is 5.27. The lowest BCUT2D eigenvalue weighted by Crippen LogP contribution is -1.90. The van der Waals surface area contributed by atoms with Gasteiger partial charge in [-0.05, 0) is 24.6 Å². The smallest absolute Gasteiger partial charge is 0.124 e. The van der Waals surface area contributed by atoms with Crippen LogP contribution in [0.5, 0.6) is 0 Å². The molecule has 0 unspecified atom stereocenters. The predicted molar refractivity (Wildman–Crippen MR) is 45.2 cm³/mol. The van der Waals surface area contributed by atoms with Crippen LogP contribution in [0.3, 0.4) is 0 Å². The second-order valence-electron chi connectivity index (χ2n) is 2.60. The Labute approximate surface area is 64.2 Å². The number of aromatic amines is 1. The molecule has 0 saturated carbocycles. The summed E-state index contributed by atoms with van der Waals surface area (Å²) in [6, 6.07) is 3.78. The van der Waals surface area contributed by atoms with Gasteiger partial charge in [0.05, 0.1) is 11.0 Å². The molecule has 0 spiro atoms. The van der Waals surface area contributed by atoms with E-state index in [1.807, 2.05) is 25.3 Å². The molecule has 0 fully saturated rings. The molecule has 0 amide bonds. The maximum absolute atomic E-state index is 5.56. The first-order valence-electron chi connectivity index (χ1n) is 3.47. The summed E-state index contributed by atoms with van der Waals surface area (Å²) < 4.78 is 0. The van der Waals surface area contributed by atoms with Gasteiger partial charge in [0, 0.05) is 6.20 Å². The molecule has 3 N–H and O–H groups in total. The van der Waals surface area contributed by atoms with Crippen molar-refractivity contribution in [2.75, 3.05) is 5.73 Å². The number of aromatic nitrogens is 2. The number of nitrogens with one attached hydrogen (secondary N) is 1. The highest BCUT2D eigenvalue weighted by Gasteiger charge is 1.99. The minimum Gasteiger partial charge on any atom is -0.384 e. The van der Waals surface area contributed by atoms with Crippen molar-refractivity contribution in [3.05, 3.63) is 23.9 Å². The standard InChI is InChI=1S/C8H9N3/c1-5-4-7(9)11-6-2-3-10-8(5)6/h2-4,10H,1H3,(H2,9,11). The van der Waals surface area contributed by atoms with Crippen molar-refractivity contribution in [1.29, 1.82) is 0 Å². The summed E-state index contributed by atoms with van der Waals surface area (Å²) in [5, 5.41) is 0. The molecule has 2 aromatic rings. The lowest BCUT2D eigenvalue weighted by atomic mass is 10.2. The zero-order valence-corrected chi connectivity index (χ0v) is 6.26. The highest BCUT2D eigenvalue weighted by atomic mass is 14.9.